The van der Waals surface area contributed by atoms with Crippen molar-refractivity contribution in [3.8, 4) is 0 Å². The number of carbonyl (C=O) groups is 2. The zero-order chi connectivity index (χ0) is 12.3. The molecule has 0 fully saturated rings. The van der Waals surface area contributed by atoms with E-state index in [-0.39, 0.29) is 12.5 Å². The summed E-state index contributed by atoms with van der Waals surface area (Å²) < 4.78 is 0. The highest BCUT2D eigenvalue weighted by molar-refractivity contribution is 7.09. The molecule has 0 saturated heterocycles. The third kappa shape index (κ3) is 3.03. The van der Waals surface area contributed by atoms with E-state index in [1.165, 1.54) is 11.3 Å². The number of aromatic nitrogens is 1. The van der Waals surface area contributed by atoms with Gasteiger partial charge in [0.05, 0.1) is 10.4 Å². The summed E-state index contributed by atoms with van der Waals surface area (Å²) in [6, 6.07) is 0. The Morgan fingerprint density at radius 1 is 1.56 bits per heavy atom. The molecule has 0 aliphatic heterocycles. The van der Waals surface area contributed by atoms with E-state index in [0.717, 1.165) is 5.01 Å². The lowest BCUT2D eigenvalue weighted by atomic mass is 9.94. The molecule has 0 spiro atoms. The molecule has 1 rings (SSSR count). The van der Waals surface area contributed by atoms with E-state index in [0.29, 0.717) is 5.69 Å². The zero-order valence-corrected chi connectivity index (χ0v) is 10.2. The first-order valence-corrected chi connectivity index (χ1v) is 5.64. The average Bonchev–Trinajstić information content (AvgIpc) is 2.61. The van der Waals surface area contributed by atoms with E-state index >= 15 is 0 Å². The topological polar surface area (TPSA) is 79.3 Å². The fourth-order valence-electron chi connectivity index (χ4n) is 0.935. The minimum Gasteiger partial charge on any atom is -0.481 e. The van der Waals surface area contributed by atoms with Crippen LogP contribution in [-0.2, 0) is 4.79 Å². The molecule has 0 radical (unpaired) electrons. The van der Waals surface area contributed by atoms with Crippen molar-refractivity contribution in [3.63, 3.8) is 0 Å². The first kappa shape index (κ1) is 12.6. The molecule has 0 aliphatic carbocycles. The van der Waals surface area contributed by atoms with Crippen LogP contribution in [0.5, 0.6) is 0 Å². The fourth-order valence-corrected chi connectivity index (χ4v) is 1.53. The van der Waals surface area contributed by atoms with Gasteiger partial charge in [-0.05, 0) is 20.8 Å². The van der Waals surface area contributed by atoms with Gasteiger partial charge in [-0.25, -0.2) is 4.98 Å². The van der Waals surface area contributed by atoms with E-state index < -0.39 is 11.4 Å². The number of nitrogens with one attached hydrogen (secondary N) is 1. The van der Waals surface area contributed by atoms with Gasteiger partial charge in [0.1, 0.15) is 5.69 Å². The predicted octanol–water partition coefficient (Wildman–Crippen LogP) is 1.29. The number of carboxylic acid groups (broad SMARTS) is 1. The van der Waals surface area contributed by atoms with Crippen LogP contribution in [0.1, 0.15) is 29.3 Å². The van der Waals surface area contributed by atoms with Gasteiger partial charge in [0.15, 0.2) is 0 Å². The predicted molar refractivity (Wildman–Crippen MR) is 60.6 cm³/mol. The van der Waals surface area contributed by atoms with E-state index in [1.54, 1.807) is 19.2 Å². The largest absolute Gasteiger partial charge is 0.481 e. The molecule has 0 atom stereocenters. The van der Waals surface area contributed by atoms with Crippen LogP contribution in [0.15, 0.2) is 5.38 Å². The van der Waals surface area contributed by atoms with Gasteiger partial charge in [-0.15, -0.1) is 11.3 Å². The van der Waals surface area contributed by atoms with Gasteiger partial charge in [0.25, 0.3) is 5.91 Å². The smallest absolute Gasteiger partial charge is 0.310 e. The van der Waals surface area contributed by atoms with Crippen molar-refractivity contribution in [1.82, 2.24) is 10.3 Å². The lowest BCUT2D eigenvalue weighted by Crippen LogP contribution is -2.39. The van der Waals surface area contributed by atoms with Crippen LogP contribution in [0.25, 0.3) is 0 Å². The van der Waals surface area contributed by atoms with Crippen molar-refractivity contribution in [1.29, 1.82) is 0 Å². The first-order chi connectivity index (χ1) is 7.33. The average molecular weight is 242 g/mol. The summed E-state index contributed by atoms with van der Waals surface area (Å²) in [6.45, 7) is 5.00. The van der Waals surface area contributed by atoms with Crippen molar-refractivity contribution in [2.75, 3.05) is 6.54 Å². The second kappa shape index (κ2) is 4.61. The van der Waals surface area contributed by atoms with Gasteiger partial charge in [-0.3, -0.25) is 9.59 Å². The molecule has 1 heterocycles. The van der Waals surface area contributed by atoms with Crippen molar-refractivity contribution < 1.29 is 14.7 Å². The van der Waals surface area contributed by atoms with Crippen LogP contribution in [0.2, 0.25) is 0 Å². The number of hydrogen-bond donors (Lipinski definition) is 2. The van der Waals surface area contributed by atoms with E-state index in [4.69, 9.17) is 5.11 Å². The van der Waals surface area contributed by atoms with E-state index in [9.17, 15) is 9.59 Å². The number of amides is 1. The number of aryl methyl sites for hydroxylation is 1. The molecule has 0 aliphatic rings. The summed E-state index contributed by atoms with van der Waals surface area (Å²) in [6.07, 6.45) is 0. The SMILES string of the molecule is Cc1nc(C(=O)NCC(C)(C)C(=O)O)cs1. The number of nitrogens with zero attached hydrogens (tertiary/aromatic N) is 1. The molecule has 0 unspecified atom stereocenters. The molecule has 1 aromatic heterocycles. The second-order valence-electron chi connectivity index (χ2n) is 4.12. The third-order valence-corrected chi connectivity index (χ3v) is 2.90. The maximum Gasteiger partial charge on any atom is 0.310 e. The minimum absolute atomic E-state index is 0.0811. The molecular weight excluding hydrogens is 228 g/mol. The highest BCUT2D eigenvalue weighted by Gasteiger charge is 2.27. The Morgan fingerprint density at radius 3 is 2.62 bits per heavy atom. The van der Waals surface area contributed by atoms with Crippen LogP contribution < -0.4 is 5.32 Å². The van der Waals surface area contributed by atoms with Gasteiger partial charge in [-0.2, -0.15) is 0 Å². The molecule has 0 aromatic carbocycles. The summed E-state index contributed by atoms with van der Waals surface area (Å²) in [4.78, 5) is 26.4. The van der Waals surface area contributed by atoms with E-state index in [1.807, 2.05) is 6.92 Å². The third-order valence-electron chi connectivity index (χ3n) is 2.12. The summed E-state index contributed by atoms with van der Waals surface area (Å²) >= 11 is 1.38. The van der Waals surface area contributed by atoms with Crippen molar-refractivity contribution in [2.45, 2.75) is 20.8 Å². The number of aliphatic carboxylic acids is 1. The Hall–Kier alpha value is -1.43. The quantitative estimate of drug-likeness (QED) is 0.833. The molecule has 88 valence electrons. The molecule has 1 aromatic rings. The van der Waals surface area contributed by atoms with Crippen LogP contribution in [0, 0.1) is 12.3 Å². The number of rotatable bonds is 4. The molecule has 2 N–H and O–H groups in total. The molecule has 0 bridgehead atoms. The lowest BCUT2D eigenvalue weighted by Gasteiger charge is -2.18. The summed E-state index contributed by atoms with van der Waals surface area (Å²) in [5, 5.41) is 13.9. The Balaban J connectivity index is 2.57. The van der Waals surface area contributed by atoms with Crippen LogP contribution >= 0.6 is 11.3 Å². The maximum absolute atomic E-state index is 11.6. The molecule has 16 heavy (non-hydrogen) atoms. The number of hydrogen-bond acceptors (Lipinski definition) is 4. The fraction of sp³-hybridized carbons (Fsp3) is 0.500. The number of carbonyl (C=O) groups excluding carboxylic acids is 1. The normalized spacial score (nSPS) is 11.2. The summed E-state index contributed by atoms with van der Waals surface area (Å²) in [5.74, 6) is -1.28. The Labute approximate surface area is 97.5 Å². The molecular formula is C10H14N2O3S. The van der Waals surface area contributed by atoms with Gasteiger partial charge in [0.2, 0.25) is 0 Å². The lowest BCUT2D eigenvalue weighted by molar-refractivity contribution is -0.146. The van der Waals surface area contributed by atoms with Crippen LogP contribution in [-0.4, -0.2) is 28.5 Å². The Kier molecular flexibility index (Phi) is 3.64. The molecule has 0 saturated carbocycles. The monoisotopic (exact) mass is 242 g/mol. The number of thiazole rings is 1. The summed E-state index contributed by atoms with van der Waals surface area (Å²) in [7, 11) is 0. The van der Waals surface area contributed by atoms with Gasteiger partial charge >= 0.3 is 5.97 Å². The van der Waals surface area contributed by atoms with Crippen molar-refractivity contribution >= 4 is 23.2 Å². The Bertz CT molecular complexity index is 412. The number of carboxylic acids is 1. The maximum atomic E-state index is 11.6. The van der Waals surface area contributed by atoms with Gasteiger partial charge < -0.3 is 10.4 Å². The van der Waals surface area contributed by atoms with Crippen LogP contribution in [0.4, 0.5) is 0 Å². The molecule has 1 amide bonds. The van der Waals surface area contributed by atoms with Gasteiger partial charge in [0, 0.05) is 11.9 Å². The minimum atomic E-state index is -0.972. The van der Waals surface area contributed by atoms with E-state index in [2.05, 4.69) is 10.3 Å². The Morgan fingerprint density at radius 2 is 2.19 bits per heavy atom. The van der Waals surface area contributed by atoms with Crippen molar-refractivity contribution in [2.24, 2.45) is 5.41 Å². The summed E-state index contributed by atoms with van der Waals surface area (Å²) in [5.41, 5.74) is -0.635. The highest BCUT2D eigenvalue weighted by Crippen LogP contribution is 2.14. The first-order valence-electron chi connectivity index (χ1n) is 4.76. The standard InChI is InChI=1S/C10H14N2O3S/c1-6-12-7(4-16-6)8(13)11-5-10(2,3)9(14)15/h4H,5H2,1-3H3,(H,11,13)(H,14,15). The van der Waals surface area contributed by atoms with Crippen LogP contribution in [0.3, 0.4) is 0 Å². The van der Waals surface area contributed by atoms with Crippen molar-refractivity contribution in [3.05, 3.63) is 16.1 Å². The molecule has 6 heteroatoms. The van der Waals surface area contributed by atoms with Gasteiger partial charge in [-0.1, -0.05) is 0 Å². The molecule has 5 nitrogen and oxygen atoms in total. The zero-order valence-electron chi connectivity index (χ0n) is 9.40. The highest BCUT2D eigenvalue weighted by atomic mass is 32.1. The second-order valence-corrected chi connectivity index (χ2v) is 5.19.